The molecule has 2 N–H and O–H groups in total. The minimum atomic E-state index is -1.25. The minimum absolute atomic E-state index is 0.229. The van der Waals surface area contributed by atoms with E-state index in [4.69, 9.17) is 21.1 Å². The molecule has 0 saturated carbocycles. The van der Waals surface area contributed by atoms with Gasteiger partial charge < -0.3 is 19.9 Å². The molecule has 1 aromatic carbocycles. The topological polar surface area (TPSA) is 84.9 Å². The molecule has 2 heterocycles. The first-order chi connectivity index (χ1) is 11.0. The second-order valence-corrected chi connectivity index (χ2v) is 6.39. The summed E-state index contributed by atoms with van der Waals surface area (Å²) in [5, 5.41) is 12.8. The van der Waals surface area contributed by atoms with Crippen LogP contribution >= 0.6 is 11.6 Å². The number of benzene rings is 1. The first-order valence-corrected chi connectivity index (χ1v) is 7.92. The number of hydrogen-bond acceptors (Lipinski definition) is 4. The molecule has 6 nitrogen and oxygen atoms in total. The van der Waals surface area contributed by atoms with Crippen molar-refractivity contribution in [2.75, 3.05) is 19.8 Å². The Morgan fingerprint density at radius 3 is 2.74 bits per heavy atom. The lowest BCUT2D eigenvalue weighted by Crippen LogP contribution is -2.59. The van der Waals surface area contributed by atoms with E-state index in [1.165, 1.54) is 0 Å². The fourth-order valence-electron chi connectivity index (χ4n) is 2.98. The van der Waals surface area contributed by atoms with Crippen molar-refractivity contribution in [2.45, 2.75) is 24.8 Å². The van der Waals surface area contributed by atoms with E-state index in [1.807, 2.05) is 0 Å². The van der Waals surface area contributed by atoms with E-state index in [2.05, 4.69) is 5.32 Å². The predicted molar refractivity (Wildman–Crippen MR) is 82.7 cm³/mol. The number of amides is 1. The van der Waals surface area contributed by atoms with Crippen LogP contribution in [-0.2, 0) is 20.7 Å². The molecule has 1 unspecified atom stereocenters. The molecule has 1 atom stereocenters. The van der Waals surface area contributed by atoms with Crippen LogP contribution in [0, 0.1) is 5.92 Å². The van der Waals surface area contributed by atoms with Gasteiger partial charge in [0.1, 0.15) is 17.9 Å². The molecule has 0 aromatic heterocycles. The van der Waals surface area contributed by atoms with Crippen LogP contribution in [0.1, 0.15) is 18.4 Å². The number of carboxylic acids is 1. The monoisotopic (exact) mass is 339 g/mol. The third kappa shape index (κ3) is 3.28. The summed E-state index contributed by atoms with van der Waals surface area (Å²) in [4.78, 5) is 24.2. The van der Waals surface area contributed by atoms with Crippen molar-refractivity contribution >= 4 is 23.5 Å². The van der Waals surface area contributed by atoms with Gasteiger partial charge in [0.15, 0.2) is 0 Å². The summed E-state index contributed by atoms with van der Waals surface area (Å²) in [7, 11) is 0. The molecule has 3 rings (SSSR count). The van der Waals surface area contributed by atoms with Crippen LogP contribution in [0.4, 0.5) is 0 Å². The average Bonchev–Trinajstić information content (AvgIpc) is 2.54. The van der Waals surface area contributed by atoms with Gasteiger partial charge in [-0.3, -0.25) is 4.79 Å². The quantitative estimate of drug-likeness (QED) is 0.874. The SMILES string of the molecule is O=C(NC1(C(=O)O)CCOCC1)C1COc2ccc(Cl)cc2C1. The van der Waals surface area contributed by atoms with E-state index in [0.717, 1.165) is 11.3 Å². The Hall–Kier alpha value is -1.79. The van der Waals surface area contributed by atoms with Gasteiger partial charge in [-0.25, -0.2) is 4.79 Å². The van der Waals surface area contributed by atoms with Crippen molar-refractivity contribution in [1.82, 2.24) is 5.32 Å². The number of halogens is 1. The van der Waals surface area contributed by atoms with E-state index in [-0.39, 0.29) is 25.4 Å². The number of nitrogens with one attached hydrogen (secondary N) is 1. The van der Waals surface area contributed by atoms with Gasteiger partial charge in [-0.2, -0.15) is 0 Å². The summed E-state index contributed by atoms with van der Waals surface area (Å²) in [5.41, 5.74) is -0.385. The lowest BCUT2D eigenvalue weighted by atomic mass is 9.88. The summed E-state index contributed by atoms with van der Waals surface area (Å²) in [6.07, 6.45) is 1.02. The van der Waals surface area contributed by atoms with Crippen LogP contribution in [0.2, 0.25) is 5.02 Å². The average molecular weight is 340 g/mol. The molecule has 1 amide bonds. The number of hydrogen-bond donors (Lipinski definition) is 2. The zero-order valence-electron chi connectivity index (χ0n) is 12.5. The molecule has 7 heteroatoms. The molecule has 124 valence electrons. The van der Waals surface area contributed by atoms with Gasteiger partial charge in [0.05, 0.1) is 5.92 Å². The third-order valence-corrected chi connectivity index (χ3v) is 4.65. The number of ether oxygens (including phenoxy) is 2. The lowest BCUT2D eigenvalue weighted by molar-refractivity contribution is -0.153. The maximum atomic E-state index is 12.5. The van der Waals surface area contributed by atoms with Crippen LogP contribution in [0.25, 0.3) is 0 Å². The summed E-state index contributed by atoms with van der Waals surface area (Å²) in [6, 6.07) is 5.29. The molecule has 2 aliphatic heterocycles. The van der Waals surface area contributed by atoms with E-state index >= 15 is 0 Å². The number of rotatable bonds is 3. The number of carbonyl (C=O) groups excluding carboxylic acids is 1. The van der Waals surface area contributed by atoms with Gasteiger partial charge >= 0.3 is 5.97 Å². The Morgan fingerprint density at radius 1 is 1.30 bits per heavy atom. The molecule has 2 aliphatic rings. The molecule has 0 aliphatic carbocycles. The standard InChI is InChI=1S/C16H18ClNO5/c17-12-1-2-13-10(8-12)7-11(9-23-13)14(19)18-16(15(20)21)3-5-22-6-4-16/h1-2,8,11H,3-7,9H2,(H,18,19)(H,20,21). The summed E-state index contributed by atoms with van der Waals surface area (Å²) < 4.78 is 10.8. The van der Waals surface area contributed by atoms with Crippen LogP contribution in [0.15, 0.2) is 18.2 Å². The summed E-state index contributed by atoms with van der Waals surface area (Å²) in [5.74, 6) is -1.04. The van der Waals surface area contributed by atoms with Crippen LogP contribution in [-0.4, -0.2) is 42.3 Å². The zero-order valence-corrected chi connectivity index (χ0v) is 13.3. The van der Waals surface area contributed by atoms with E-state index < -0.39 is 17.4 Å². The Bertz CT molecular complexity index is 627. The summed E-state index contributed by atoms with van der Waals surface area (Å²) in [6.45, 7) is 0.880. The molecular formula is C16H18ClNO5. The Labute approximate surface area is 138 Å². The van der Waals surface area contributed by atoms with Crippen LogP contribution < -0.4 is 10.1 Å². The molecule has 0 bridgehead atoms. The minimum Gasteiger partial charge on any atom is -0.492 e. The molecule has 0 radical (unpaired) electrons. The van der Waals surface area contributed by atoms with Crippen molar-refractivity contribution < 1.29 is 24.2 Å². The second kappa shape index (κ2) is 6.37. The third-order valence-electron chi connectivity index (χ3n) is 4.42. The first-order valence-electron chi connectivity index (χ1n) is 7.54. The number of aliphatic carboxylic acids is 1. The summed E-state index contributed by atoms with van der Waals surface area (Å²) >= 11 is 5.98. The fourth-order valence-corrected chi connectivity index (χ4v) is 3.18. The molecule has 1 saturated heterocycles. The first kappa shape index (κ1) is 16.1. The number of fused-ring (bicyclic) bond motifs is 1. The van der Waals surface area contributed by atoms with Crippen LogP contribution in [0.5, 0.6) is 5.75 Å². The molecule has 1 fully saturated rings. The number of carboxylic acid groups (broad SMARTS) is 1. The van der Waals surface area contributed by atoms with Crippen molar-refractivity contribution in [1.29, 1.82) is 0 Å². The predicted octanol–water partition coefficient (Wildman–Crippen LogP) is 1.64. The fraction of sp³-hybridized carbons (Fsp3) is 0.500. The van der Waals surface area contributed by atoms with E-state index in [1.54, 1.807) is 18.2 Å². The maximum Gasteiger partial charge on any atom is 0.329 e. The van der Waals surface area contributed by atoms with Crippen molar-refractivity contribution in [3.63, 3.8) is 0 Å². The molecule has 1 aromatic rings. The van der Waals surface area contributed by atoms with Crippen molar-refractivity contribution in [3.05, 3.63) is 28.8 Å². The van der Waals surface area contributed by atoms with E-state index in [9.17, 15) is 14.7 Å². The van der Waals surface area contributed by atoms with Crippen molar-refractivity contribution in [3.8, 4) is 5.75 Å². The normalized spacial score (nSPS) is 22.6. The largest absolute Gasteiger partial charge is 0.492 e. The highest BCUT2D eigenvalue weighted by molar-refractivity contribution is 6.30. The van der Waals surface area contributed by atoms with Gasteiger partial charge in [0.2, 0.25) is 5.91 Å². The lowest BCUT2D eigenvalue weighted by Gasteiger charge is -2.35. The van der Waals surface area contributed by atoms with Gasteiger partial charge in [-0.1, -0.05) is 11.6 Å². The highest BCUT2D eigenvalue weighted by Gasteiger charge is 2.43. The zero-order chi connectivity index (χ0) is 16.4. The van der Waals surface area contributed by atoms with E-state index in [0.29, 0.717) is 24.7 Å². The molecular weight excluding hydrogens is 322 g/mol. The second-order valence-electron chi connectivity index (χ2n) is 5.95. The van der Waals surface area contributed by atoms with Gasteiger partial charge in [0, 0.05) is 31.1 Å². The smallest absolute Gasteiger partial charge is 0.329 e. The Balaban J connectivity index is 1.72. The highest BCUT2D eigenvalue weighted by Crippen LogP contribution is 2.30. The van der Waals surface area contributed by atoms with Gasteiger partial charge in [0.25, 0.3) is 0 Å². The number of carbonyl (C=O) groups is 2. The highest BCUT2D eigenvalue weighted by atomic mass is 35.5. The molecule has 0 spiro atoms. The van der Waals surface area contributed by atoms with Gasteiger partial charge in [-0.05, 0) is 30.2 Å². The Kier molecular flexibility index (Phi) is 4.46. The molecule has 23 heavy (non-hydrogen) atoms. The van der Waals surface area contributed by atoms with Gasteiger partial charge in [-0.15, -0.1) is 0 Å². The maximum absolute atomic E-state index is 12.5. The van der Waals surface area contributed by atoms with Crippen LogP contribution in [0.3, 0.4) is 0 Å². The Morgan fingerprint density at radius 2 is 2.04 bits per heavy atom. The van der Waals surface area contributed by atoms with Crippen molar-refractivity contribution in [2.24, 2.45) is 5.92 Å².